The molecule has 0 fully saturated rings. The van der Waals surface area contributed by atoms with Crippen molar-refractivity contribution in [3.8, 4) is 0 Å². The van der Waals surface area contributed by atoms with Gasteiger partial charge in [-0.15, -0.1) is 5.10 Å². The van der Waals surface area contributed by atoms with Gasteiger partial charge in [-0.25, -0.2) is 0 Å². The molecule has 0 radical (unpaired) electrons. The molecule has 2 unspecified atom stereocenters. The van der Waals surface area contributed by atoms with Crippen LogP contribution in [0.2, 0.25) is 0 Å². The van der Waals surface area contributed by atoms with E-state index in [1.807, 2.05) is 14.1 Å². The lowest BCUT2D eigenvalue weighted by molar-refractivity contribution is -0.128. The minimum atomic E-state index is -0.469. The largest absolute Gasteiger partial charge is 0.305 e. The summed E-state index contributed by atoms with van der Waals surface area (Å²) in [7, 11) is 3.80. The van der Waals surface area contributed by atoms with Gasteiger partial charge in [-0.3, -0.25) is 14.3 Å². The molecule has 2 atom stereocenters. The van der Waals surface area contributed by atoms with E-state index in [0.717, 1.165) is 18.7 Å². The molecule has 1 aromatic heterocycles. The molecule has 0 spiro atoms. The van der Waals surface area contributed by atoms with E-state index in [0.29, 0.717) is 12.2 Å². The van der Waals surface area contributed by atoms with Crippen molar-refractivity contribution in [3.05, 3.63) is 11.4 Å². The number of carbonyl (C=O) groups is 2. The van der Waals surface area contributed by atoms with Crippen molar-refractivity contribution in [3.63, 3.8) is 0 Å². The molecule has 0 aliphatic carbocycles. The molecule has 6 nitrogen and oxygen atoms in total. The Kier molecular flexibility index (Phi) is 3.80. The SMILES string of the molecule is CC(=O)C1CN(C)CCc2c(nnn2C)C1C(C)=O. The second kappa shape index (κ2) is 5.21. The molecule has 0 amide bonds. The van der Waals surface area contributed by atoms with Crippen molar-refractivity contribution in [1.29, 1.82) is 0 Å². The summed E-state index contributed by atoms with van der Waals surface area (Å²) in [6.07, 6.45) is 0.795. The molecule has 1 aliphatic heterocycles. The van der Waals surface area contributed by atoms with Crippen LogP contribution in [0.25, 0.3) is 0 Å². The quantitative estimate of drug-likeness (QED) is 0.762. The summed E-state index contributed by atoms with van der Waals surface area (Å²) in [6, 6.07) is 0. The van der Waals surface area contributed by atoms with Crippen LogP contribution in [0.15, 0.2) is 0 Å². The molecule has 0 saturated carbocycles. The summed E-state index contributed by atoms with van der Waals surface area (Å²) in [5.74, 6) is -0.787. The summed E-state index contributed by atoms with van der Waals surface area (Å²) in [5, 5.41) is 8.16. The molecular formula is C13H20N4O2. The van der Waals surface area contributed by atoms with Crippen molar-refractivity contribution in [2.45, 2.75) is 26.2 Å². The number of hydrogen-bond donors (Lipinski definition) is 0. The zero-order valence-corrected chi connectivity index (χ0v) is 11.9. The van der Waals surface area contributed by atoms with Gasteiger partial charge in [-0.1, -0.05) is 5.21 Å². The maximum atomic E-state index is 12.0. The van der Waals surface area contributed by atoms with Crippen molar-refractivity contribution in [2.75, 3.05) is 20.1 Å². The Morgan fingerprint density at radius 1 is 1.21 bits per heavy atom. The number of ketones is 2. The van der Waals surface area contributed by atoms with E-state index in [-0.39, 0.29) is 17.5 Å². The molecule has 2 heterocycles. The van der Waals surface area contributed by atoms with Crippen LogP contribution >= 0.6 is 0 Å². The molecule has 2 rings (SSSR count). The van der Waals surface area contributed by atoms with Gasteiger partial charge in [0.05, 0.1) is 17.3 Å². The minimum Gasteiger partial charge on any atom is -0.305 e. The fourth-order valence-electron chi connectivity index (χ4n) is 2.78. The zero-order chi connectivity index (χ0) is 14.2. The molecule has 19 heavy (non-hydrogen) atoms. The van der Waals surface area contributed by atoms with Crippen LogP contribution in [0, 0.1) is 5.92 Å². The highest BCUT2D eigenvalue weighted by atomic mass is 16.1. The second-order valence-corrected chi connectivity index (χ2v) is 5.36. The second-order valence-electron chi connectivity index (χ2n) is 5.36. The van der Waals surface area contributed by atoms with Crippen molar-refractivity contribution in [2.24, 2.45) is 13.0 Å². The average molecular weight is 264 g/mol. The fourth-order valence-corrected chi connectivity index (χ4v) is 2.78. The number of Topliss-reactive ketones (excluding diaryl/α,β-unsaturated/α-hetero) is 2. The minimum absolute atomic E-state index is 0.0164. The topological polar surface area (TPSA) is 68.1 Å². The van der Waals surface area contributed by atoms with Gasteiger partial charge in [0.2, 0.25) is 0 Å². The highest BCUT2D eigenvalue weighted by Crippen LogP contribution is 2.30. The van der Waals surface area contributed by atoms with E-state index in [4.69, 9.17) is 0 Å². The molecule has 0 N–H and O–H groups in total. The highest BCUT2D eigenvalue weighted by Gasteiger charge is 2.37. The maximum absolute atomic E-state index is 12.0. The third-order valence-corrected chi connectivity index (χ3v) is 3.87. The highest BCUT2D eigenvalue weighted by molar-refractivity contribution is 5.91. The van der Waals surface area contributed by atoms with E-state index >= 15 is 0 Å². The predicted octanol–water partition coefficient (Wildman–Crippen LogP) is 0.181. The van der Waals surface area contributed by atoms with Crippen LogP contribution in [0.1, 0.15) is 31.2 Å². The van der Waals surface area contributed by atoms with E-state index in [9.17, 15) is 9.59 Å². The first-order valence-corrected chi connectivity index (χ1v) is 6.49. The third kappa shape index (κ3) is 2.58. The normalized spacial score (nSPS) is 24.4. The Bertz CT molecular complexity index is 509. The molecular weight excluding hydrogens is 244 g/mol. The number of aromatic nitrogens is 3. The Morgan fingerprint density at radius 2 is 1.89 bits per heavy atom. The standard InChI is InChI=1S/C13H20N4O2/c1-8(18)10-7-16(3)6-5-11-13(12(10)9(2)19)14-15-17(11)4/h10,12H,5-7H2,1-4H3. The number of rotatable bonds is 2. The van der Waals surface area contributed by atoms with Crippen LogP contribution in [-0.2, 0) is 23.1 Å². The van der Waals surface area contributed by atoms with Crippen molar-refractivity contribution < 1.29 is 9.59 Å². The number of hydrogen-bond acceptors (Lipinski definition) is 5. The van der Waals surface area contributed by atoms with Crippen LogP contribution in [-0.4, -0.2) is 51.6 Å². The average Bonchev–Trinajstić information content (AvgIpc) is 2.64. The van der Waals surface area contributed by atoms with E-state index in [1.54, 1.807) is 11.6 Å². The lowest BCUT2D eigenvalue weighted by Crippen LogP contribution is -2.39. The molecule has 1 aromatic rings. The lowest BCUT2D eigenvalue weighted by Gasteiger charge is -2.29. The molecule has 104 valence electrons. The first-order chi connectivity index (χ1) is 8.91. The summed E-state index contributed by atoms with van der Waals surface area (Å²) in [6.45, 7) is 4.50. The van der Waals surface area contributed by atoms with Gasteiger partial charge in [-0.2, -0.15) is 0 Å². The third-order valence-electron chi connectivity index (χ3n) is 3.87. The molecule has 0 saturated heterocycles. The Hall–Kier alpha value is -1.56. The number of aryl methyl sites for hydroxylation is 1. The number of fused-ring (bicyclic) bond motifs is 1. The van der Waals surface area contributed by atoms with Gasteiger partial charge in [0.15, 0.2) is 0 Å². The summed E-state index contributed by atoms with van der Waals surface area (Å²) in [5.41, 5.74) is 1.64. The molecule has 1 aliphatic rings. The first kappa shape index (κ1) is 13.9. The van der Waals surface area contributed by atoms with Crippen molar-refractivity contribution >= 4 is 11.6 Å². The van der Waals surface area contributed by atoms with E-state index in [2.05, 4.69) is 15.2 Å². The predicted molar refractivity (Wildman–Crippen MR) is 69.8 cm³/mol. The van der Waals surface area contributed by atoms with Crippen LogP contribution in [0.4, 0.5) is 0 Å². The molecule has 6 heteroatoms. The van der Waals surface area contributed by atoms with Gasteiger partial charge in [0.1, 0.15) is 11.6 Å². The van der Waals surface area contributed by atoms with Gasteiger partial charge in [-0.05, 0) is 20.9 Å². The Balaban J connectivity index is 2.53. The number of carbonyl (C=O) groups excluding carboxylic acids is 2. The molecule has 0 bridgehead atoms. The molecule has 0 aromatic carbocycles. The van der Waals surface area contributed by atoms with Gasteiger partial charge >= 0.3 is 0 Å². The van der Waals surface area contributed by atoms with Gasteiger partial charge < -0.3 is 4.90 Å². The monoisotopic (exact) mass is 264 g/mol. The number of likely N-dealkylation sites (N-methyl/N-ethyl adjacent to an activating group) is 1. The van der Waals surface area contributed by atoms with E-state index in [1.165, 1.54) is 6.92 Å². The van der Waals surface area contributed by atoms with Gasteiger partial charge in [0, 0.05) is 32.5 Å². The Labute approximate surface area is 112 Å². The number of nitrogens with zero attached hydrogens (tertiary/aromatic N) is 4. The Morgan fingerprint density at radius 3 is 2.47 bits per heavy atom. The van der Waals surface area contributed by atoms with Crippen LogP contribution in [0.3, 0.4) is 0 Å². The summed E-state index contributed by atoms with van der Waals surface area (Å²) in [4.78, 5) is 26.0. The lowest BCUT2D eigenvalue weighted by atomic mass is 9.81. The van der Waals surface area contributed by atoms with E-state index < -0.39 is 5.92 Å². The summed E-state index contributed by atoms with van der Waals surface area (Å²) < 4.78 is 1.71. The van der Waals surface area contributed by atoms with Crippen LogP contribution in [0.5, 0.6) is 0 Å². The van der Waals surface area contributed by atoms with Gasteiger partial charge in [0.25, 0.3) is 0 Å². The fraction of sp³-hybridized carbons (Fsp3) is 0.692. The zero-order valence-electron chi connectivity index (χ0n) is 11.9. The maximum Gasteiger partial charge on any atom is 0.139 e. The first-order valence-electron chi connectivity index (χ1n) is 6.49. The van der Waals surface area contributed by atoms with Crippen molar-refractivity contribution in [1.82, 2.24) is 19.9 Å². The summed E-state index contributed by atoms with van der Waals surface area (Å²) >= 11 is 0. The smallest absolute Gasteiger partial charge is 0.139 e. The van der Waals surface area contributed by atoms with Crippen LogP contribution < -0.4 is 0 Å².